The van der Waals surface area contributed by atoms with Gasteiger partial charge in [-0.15, -0.1) is 0 Å². The Balaban J connectivity index is 1.32. The number of fused-ring (bicyclic) bond motifs is 2. The fourth-order valence-corrected chi connectivity index (χ4v) is 5.60. The molecule has 4 aliphatic heterocycles. The number of carbonyl (C=O) groups excluding carboxylic acids is 1. The van der Waals surface area contributed by atoms with E-state index in [0.29, 0.717) is 11.6 Å². The third kappa shape index (κ3) is 2.50. The Labute approximate surface area is 148 Å². The zero-order valence-corrected chi connectivity index (χ0v) is 14.7. The van der Waals surface area contributed by atoms with Crippen molar-refractivity contribution in [3.63, 3.8) is 0 Å². The van der Waals surface area contributed by atoms with E-state index in [0.717, 1.165) is 54.7 Å². The molecule has 0 radical (unpaired) electrons. The Bertz CT molecular complexity index is 701. The molecule has 25 heavy (non-hydrogen) atoms. The van der Waals surface area contributed by atoms with Crippen LogP contribution < -0.4 is 5.48 Å². The molecule has 6 nitrogen and oxygen atoms in total. The summed E-state index contributed by atoms with van der Waals surface area (Å²) in [5, 5.41) is 8.86. The van der Waals surface area contributed by atoms with Crippen LogP contribution in [0.1, 0.15) is 54.2 Å². The van der Waals surface area contributed by atoms with E-state index in [9.17, 15) is 4.79 Å². The number of nitrogens with zero attached hydrogens (tertiary/aromatic N) is 3. The van der Waals surface area contributed by atoms with E-state index >= 15 is 0 Å². The topological polar surface area (TPSA) is 68.5 Å². The monoisotopic (exact) mass is 342 g/mol. The van der Waals surface area contributed by atoms with Crippen LogP contribution in [-0.4, -0.2) is 56.6 Å². The zero-order valence-electron chi connectivity index (χ0n) is 14.7. The highest BCUT2D eigenvalue weighted by molar-refractivity contribution is 5.93. The normalized spacial score (nSPS) is 38.3. The lowest BCUT2D eigenvalue weighted by Crippen LogP contribution is -2.45. The van der Waals surface area contributed by atoms with E-state index in [1.807, 2.05) is 6.07 Å². The van der Waals surface area contributed by atoms with Crippen molar-refractivity contribution in [1.29, 1.82) is 0 Å². The zero-order chi connectivity index (χ0) is 17.1. The molecule has 3 fully saturated rings. The summed E-state index contributed by atoms with van der Waals surface area (Å²) in [6.45, 7) is 4.30. The molecule has 1 aromatic rings. The second-order valence-corrected chi connectivity index (χ2v) is 8.28. The molecule has 0 saturated carbocycles. The second-order valence-electron chi connectivity index (χ2n) is 8.28. The van der Waals surface area contributed by atoms with Crippen molar-refractivity contribution in [3.05, 3.63) is 29.1 Å². The van der Waals surface area contributed by atoms with E-state index in [2.05, 4.69) is 21.7 Å². The molecule has 3 saturated heterocycles. The van der Waals surface area contributed by atoms with Gasteiger partial charge in [0.15, 0.2) is 0 Å². The lowest BCUT2D eigenvalue weighted by Gasteiger charge is -2.40. The van der Waals surface area contributed by atoms with E-state index in [4.69, 9.17) is 5.21 Å². The van der Waals surface area contributed by atoms with Gasteiger partial charge in [-0.25, -0.2) is 5.48 Å². The maximum atomic E-state index is 11.7. The van der Waals surface area contributed by atoms with Crippen LogP contribution in [0, 0.1) is 5.92 Å². The van der Waals surface area contributed by atoms with Crippen LogP contribution in [0.2, 0.25) is 0 Å². The fourth-order valence-electron chi connectivity index (χ4n) is 5.60. The van der Waals surface area contributed by atoms with E-state index in [1.165, 1.54) is 25.8 Å². The standard InChI is InChI=1S/C19H26N4O2/c1-2-14-6-16-13(5-12(8-20-16)19(24)21-25)10-22(14)9-11-3-15-7-18-17(4-11)23(15)18/h5,8,11,14-15,17-18,25H,2-4,6-7,9-10H2,1H3,(H,21,24)/t11?,14-,15?,17?,18?,23?/m1/s1. The van der Waals surface area contributed by atoms with Crippen LogP contribution in [-0.2, 0) is 13.0 Å². The Morgan fingerprint density at radius 2 is 2.20 bits per heavy atom. The van der Waals surface area contributed by atoms with Crippen LogP contribution in [0.25, 0.3) is 0 Å². The highest BCUT2D eigenvalue weighted by atomic mass is 16.5. The second kappa shape index (κ2) is 5.76. The first-order chi connectivity index (χ1) is 12.2. The molecule has 1 aromatic heterocycles. The molecule has 2 N–H and O–H groups in total. The number of hydrogen-bond acceptors (Lipinski definition) is 5. The van der Waals surface area contributed by atoms with Crippen molar-refractivity contribution in [2.45, 2.75) is 69.7 Å². The van der Waals surface area contributed by atoms with Gasteiger partial charge in [0.05, 0.1) is 5.56 Å². The predicted molar refractivity (Wildman–Crippen MR) is 92.2 cm³/mol. The number of pyridine rings is 1. The number of piperidine rings is 1. The van der Waals surface area contributed by atoms with Crippen molar-refractivity contribution in [2.75, 3.05) is 6.54 Å². The van der Waals surface area contributed by atoms with Crippen LogP contribution in [0.4, 0.5) is 0 Å². The van der Waals surface area contributed by atoms with Gasteiger partial charge in [0, 0.05) is 55.6 Å². The van der Waals surface area contributed by atoms with Gasteiger partial charge < -0.3 is 0 Å². The predicted octanol–water partition coefficient (Wildman–Crippen LogP) is 1.57. The molecule has 0 aliphatic carbocycles. The van der Waals surface area contributed by atoms with E-state index < -0.39 is 5.91 Å². The minimum absolute atomic E-state index is 0.434. The first-order valence-corrected chi connectivity index (χ1v) is 9.61. The number of hydroxylamine groups is 1. The molecule has 134 valence electrons. The Morgan fingerprint density at radius 3 is 2.96 bits per heavy atom. The number of hydrogen-bond donors (Lipinski definition) is 2. The van der Waals surface area contributed by atoms with E-state index in [1.54, 1.807) is 11.7 Å². The van der Waals surface area contributed by atoms with Gasteiger partial charge in [0.2, 0.25) is 0 Å². The minimum Gasteiger partial charge on any atom is -0.295 e. The third-order valence-electron chi connectivity index (χ3n) is 6.94. The molecule has 5 rings (SSSR count). The molecule has 6 atom stereocenters. The van der Waals surface area contributed by atoms with Gasteiger partial charge in [-0.05, 0) is 43.2 Å². The van der Waals surface area contributed by atoms with Crippen molar-refractivity contribution in [2.24, 2.45) is 5.92 Å². The Hall–Kier alpha value is -1.50. The summed E-state index contributed by atoms with van der Waals surface area (Å²) in [5.41, 5.74) is 4.39. The summed E-state index contributed by atoms with van der Waals surface area (Å²) in [7, 11) is 0. The molecule has 0 aromatic carbocycles. The molecule has 6 heteroatoms. The van der Waals surface area contributed by atoms with Gasteiger partial charge >= 0.3 is 0 Å². The SMILES string of the molecule is CC[C@@H]1Cc2ncc(C(=O)NO)cc2CN1CC1CC2CC3C(C1)N23. The van der Waals surface area contributed by atoms with Crippen LogP contribution in [0.15, 0.2) is 12.3 Å². The number of rotatable bonds is 4. The van der Waals surface area contributed by atoms with Gasteiger partial charge in [0.25, 0.3) is 5.91 Å². The maximum absolute atomic E-state index is 11.7. The molecule has 5 heterocycles. The summed E-state index contributed by atoms with van der Waals surface area (Å²) in [4.78, 5) is 21.5. The van der Waals surface area contributed by atoms with Gasteiger partial charge in [0.1, 0.15) is 0 Å². The number of amides is 1. The molecule has 0 bridgehead atoms. The van der Waals surface area contributed by atoms with Gasteiger partial charge in [-0.3, -0.25) is 24.8 Å². The Morgan fingerprint density at radius 1 is 1.36 bits per heavy atom. The van der Waals surface area contributed by atoms with Crippen LogP contribution in [0.5, 0.6) is 0 Å². The highest BCUT2D eigenvalue weighted by Crippen LogP contribution is 2.55. The van der Waals surface area contributed by atoms with Crippen LogP contribution in [0.3, 0.4) is 0 Å². The molecule has 1 amide bonds. The lowest BCUT2D eigenvalue weighted by atomic mass is 9.89. The van der Waals surface area contributed by atoms with Crippen molar-refractivity contribution in [1.82, 2.24) is 20.3 Å². The first kappa shape index (κ1) is 15.7. The average Bonchev–Trinajstić information content (AvgIpc) is 3.27. The summed E-state index contributed by atoms with van der Waals surface area (Å²) in [6, 6.07) is 5.13. The first-order valence-electron chi connectivity index (χ1n) is 9.61. The molecular weight excluding hydrogens is 316 g/mol. The minimum atomic E-state index is -0.486. The van der Waals surface area contributed by atoms with Gasteiger partial charge in [-0.2, -0.15) is 0 Å². The smallest absolute Gasteiger partial charge is 0.276 e. The molecule has 5 unspecified atom stereocenters. The van der Waals surface area contributed by atoms with Crippen molar-refractivity contribution >= 4 is 5.91 Å². The average molecular weight is 342 g/mol. The number of aromatic nitrogens is 1. The summed E-state index contributed by atoms with van der Waals surface area (Å²) in [6.07, 6.45) is 7.83. The summed E-state index contributed by atoms with van der Waals surface area (Å²) >= 11 is 0. The van der Waals surface area contributed by atoms with Gasteiger partial charge in [-0.1, -0.05) is 6.92 Å². The van der Waals surface area contributed by atoms with Crippen molar-refractivity contribution < 1.29 is 10.0 Å². The molecule has 0 spiro atoms. The number of nitrogens with one attached hydrogen (secondary N) is 1. The fraction of sp³-hybridized carbons (Fsp3) is 0.684. The lowest BCUT2D eigenvalue weighted by molar-refractivity contribution is 0.0704. The third-order valence-corrected chi connectivity index (χ3v) is 6.94. The van der Waals surface area contributed by atoms with Crippen molar-refractivity contribution in [3.8, 4) is 0 Å². The highest BCUT2D eigenvalue weighted by Gasteiger charge is 2.63. The maximum Gasteiger partial charge on any atom is 0.276 e. The number of carbonyl (C=O) groups is 1. The quantitative estimate of drug-likeness (QED) is 0.494. The molecule has 4 aliphatic rings. The van der Waals surface area contributed by atoms with Crippen LogP contribution >= 0.6 is 0 Å². The summed E-state index contributed by atoms with van der Waals surface area (Å²) in [5.74, 6) is 0.326. The molecular formula is C19H26N4O2. The largest absolute Gasteiger partial charge is 0.295 e. The van der Waals surface area contributed by atoms with E-state index in [-0.39, 0.29) is 0 Å². The Kier molecular flexibility index (Phi) is 3.62. The summed E-state index contributed by atoms with van der Waals surface area (Å²) < 4.78 is 0.